The Morgan fingerprint density at radius 1 is 1.42 bits per heavy atom. The number of aromatic nitrogens is 2. The average Bonchev–Trinajstić information content (AvgIpc) is 2.39. The molecule has 0 spiro atoms. The fourth-order valence-corrected chi connectivity index (χ4v) is 2.44. The zero-order valence-electron chi connectivity index (χ0n) is 10.1. The highest BCUT2D eigenvalue weighted by molar-refractivity contribution is 9.10. The average molecular weight is 336 g/mol. The number of thioether (sulfide) groups is 1. The first-order chi connectivity index (χ1) is 9.15. The summed E-state index contributed by atoms with van der Waals surface area (Å²) in [4.78, 5) is 18.8. The number of hydrogen-bond acceptors (Lipinski definition) is 4. The maximum atomic E-state index is 11.9. The Hall–Kier alpha value is -1.58. The summed E-state index contributed by atoms with van der Waals surface area (Å²) in [6.07, 6.45) is 0. The fourth-order valence-electron chi connectivity index (χ4n) is 1.58. The SMILES string of the molecule is CCSc1nc(-c2ccc(Br)cc2)c(C#N)c(=O)[nH]1. The van der Waals surface area contributed by atoms with Gasteiger partial charge in [0.1, 0.15) is 11.6 Å². The van der Waals surface area contributed by atoms with Crippen LogP contribution < -0.4 is 5.56 Å². The lowest BCUT2D eigenvalue weighted by molar-refractivity contribution is 0.935. The van der Waals surface area contributed by atoms with Gasteiger partial charge in [-0.2, -0.15) is 5.26 Å². The second kappa shape index (κ2) is 6.04. The number of hydrogen-bond donors (Lipinski definition) is 1. The molecule has 0 saturated heterocycles. The molecule has 96 valence electrons. The number of halogens is 1. The summed E-state index contributed by atoms with van der Waals surface area (Å²) in [5.74, 6) is 0.800. The number of nitrogens with zero attached hydrogens (tertiary/aromatic N) is 2. The molecule has 0 bridgehead atoms. The fraction of sp³-hybridized carbons (Fsp3) is 0.154. The lowest BCUT2D eigenvalue weighted by atomic mass is 10.1. The van der Waals surface area contributed by atoms with Gasteiger partial charge in [-0.05, 0) is 17.9 Å². The van der Waals surface area contributed by atoms with Gasteiger partial charge in [0.15, 0.2) is 5.16 Å². The van der Waals surface area contributed by atoms with E-state index in [1.165, 1.54) is 11.8 Å². The van der Waals surface area contributed by atoms with Gasteiger partial charge in [-0.15, -0.1) is 0 Å². The first kappa shape index (κ1) is 13.8. The zero-order chi connectivity index (χ0) is 13.8. The van der Waals surface area contributed by atoms with Crippen molar-refractivity contribution in [2.24, 2.45) is 0 Å². The second-order valence-corrected chi connectivity index (χ2v) is 5.81. The van der Waals surface area contributed by atoms with Gasteiger partial charge in [-0.1, -0.05) is 46.7 Å². The van der Waals surface area contributed by atoms with Gasteiger partial charge < -0.3 is 4.98 Å². The molecule has 1 aromatic carbocycles. The van der Waals surface area contributed by atoms with Crippen LogP contribution in [0, 0.1) is 11.3 Å². The third-order valence-electron chi connectivity index (χ3n) is 2.41. The number of rotatable bonds is 3. The number of nitrogens with one attached hydrogen (secondary N) is 1. The van der Waals surface area contributed by atoms with Crippen LogP contribution in [0.1, 0.15) is 12.5 Å². The van der Waals surface area contributed by atoms with E-state index in [1.54, 1.807) is 0 Å². The lowest BCUT2D eigenvalue weighted by Gasteiger charge is -2.05. The van der Waals surface area contributed by atoms with Crippen molar-refractivity contribution in [3.8, 4) is 17.3 Å². The smallest absolute Gasteiger partial charge is 0.270 e. The van der Waals surface area contributed by atoms with Crippen LogP contribution in [-0.4, -0.2) is 15.7 Å². The van der Waals surface area contributed by atoms with E-state index < -0.39 is 5.56 Å². The Balaban J connectivity index is 2.63. The van der Waals surface area contributed by atoms with Gasteiger partial charge in [-0.3, -0.25) is 4.79 Å². The zero-order valence-corrected chi connectivity index (χ0v) is 12.5. The number of benzene rings is 1. The summed E-state index contributed by atoms with van der Waals surface area (Å²) in [5.41, 5.74) is 0.827. The number of aromatic amines is 1. The molecule has 0 amide bonds. The maximum absolute atomic E-state index is 11.9. The van der Waals surface area contributed by atoms with Crippen LogP contribution in [0.4, 0.5) is 0 Å². The lowest BCUT2D eigenvalue weighted by Crippen LogP contribution is -2.14. The van der Waals surface area contributed by atoms with Crippen LogP contribution in [0.25, 0.3) is 11.3 Å². The predicted molar refractivity (Wildman–Crippen MR) is 79.1 cm³/mol. The maximum Gasteiger partial charge on any atom is 0.270 e. The highest BCUT2D eigenvalue weighted by Crippen LogP contribution is 2.23. The molecule has 19 heavy (non-hydrogen) atoms. The molecule has 0 saturated carbocycles. The molecule has 0 fully saturated rings. The van der Waals surface area contributed by atoms with Gasteiger partial charge in [0.05, 0.1) is 5.69 Å². The van der Waals surface area contributed by atoms with Crippen molar-refractivity contribution in [3.05, 3.63) is 44.7 Å². The Labute approximate surface area is 123 Å². The molecule has 2 aromatic rings. The van der Waals surface area contributed by atoms with Gasteiger partial charge >= 0.3 is 0 Å². The van der Waals surface area contributed by atoms with Crippen molar-refractivity contribution in [2.45, 2.75) is 12.1 Å². The van der Waals surface area contributed by atoms with E-state index in [0.717, 1.165) is 15.8 Å². The van der Waals surface area contributed by atoms with E-state index in [2.05, 4.69) is 25.9 Å². The molecule has 0 aliphatic rings. The van der Waals surface area contributed by atoms with E-state index in [9.17, 15) is 4.79 Å². The molecule has 0 atom stereocenters. The third kappa shape index (κ3) is 3.06. The summed E-state index contributed by atoms with van der Waals surface area (Å²) in [7, 11) is 0. The van der Waals surface area contributed by atoms with E-state index in [1.807, 2.05) is 37.3 Å². The molecule has 0 aliphatic carbocycles. The van der Waals surface area contributed by atoms with Crippen molar-refractivity contribution in [3.63, 3.8) is 0 Å². The predicted octanol–water partition coefficient (Wildman–Crippen LogP) is 3.18. The third-order valence-corrected chi connectivity index (χ3v) is 3.69. The molecule has 0 aliphatic heterocycles. The molecule has 0 unspecified atom stereocenters. The van der Waals surface area contributed by atoms with Gasteiger partial charge in [-0.25, -0.2) is 4.98 Å². The first-order valence-corrected chi connectivity index (χ1v) is 7.36. The molecule has 2 rings (SSSR count). The number of nitriles is 1. The highest BCUT2D eigenvalue weighted by atomic mass is 79.9. The van der Waals surface area contributed by atoms with Crippen LogP contribution in [0.2, 0.25) is 0 Å². The molecule has 4 nitrogen and oxygen atoms in total. The number of H-pyrrole nitrogens is 1. The summed E-state index contributed by atoms with van der Waals surface area (Å²) < 4.78 is 0.933. The van der Waals surface area contributed by atoms with Crippen LogP contribution in [0.15, 0.2) is 38.7 Å². The van der Waals surface area contributed by atoms with Gasteiger partial charge in [0.25, 0.3) is 5.56 Å². The molecule has 1 N–H and O–H groups in total. The van der Waals surface area contributed by atoms with Crippen molar-refractivity contribution < 1.29 is 0 Å². The van der Waals surface area contributed by atoms with Gasteiger partial charge in [0.2, 0.25) is 0 Å². The topological polar surface area (TPSA) is 69.5 Å². The van der Waals surface area contributed by atoms with Crippen LogP contribution in [0.3, 0.4) is 0 Å². The minimum atomic E-state index is -0.397. The molecule has 6 heteroatoms. The summed E-state index contributed by atoms with van der Waals surface area (Å²) >= 11 is 4.79. The van der Waals surface area contributed by atoms with Crippen LogP contribution in [-0.2, 0) is 0 Å². The van der Waals surface area contributed by atoms with Crippen molar-refractivity contribution >= 4 is 27.7 Å². The second-order valence-electron chi connectivity index (χ2n) is 3.65. The van der Waals surface area contributed by atoms with E-state index in [0.29, 0.717) is 10.9 Å². The largest absolute Gasteiger partial charge is 0.300 e. The minimum absolute atomic E-state index is 0.0442. The normalized spacial score (nSPS) is 10.2. The molecular weight excluding hydrogens is 326 g/mol. The van der Waals surface area contributed by atoms with E-state index in [-0.39, 0.29) is 5.56 Å². The Kier molecular flexibility index (Phi) is 4.40. The van der Waals surface area contributed by atoms with Gasteiger partial charge in [0, 0.05) is 10.0 Å². The van der Waals surface area contributed by atoms with E-state index >= 15 is 0 Å². The molecular formula is C13H10BrN3OS. The molecule has 0 radical (unpaired) electrons. The van der Waals surface area contributed by atoms with Crippen molar-refractivity contribution in [1.29, 1.82) is 5.26 Å². The standard InChI is InChI=1S/C13H10BrN3OS/c1-2-19-13-16-11(10(7-15)12(18)17-13)8-3-5-9(14)6-4-8/h3-6H,2H2,1H3,(H,16,17,18). The van der Waals surface area contributed by atoms with E-state index in [4.69, 9.17) is 5.26 Å². The summed E-state index contributed by atoms with van der Waals surface area (Å²) in [6, 6.07) is 9.28. The van der Waals surface area contributed by atoms with Crippen LogP contribution >= 0.6 is 27.7 Å². The molecule has 1 heterocycles. The highest BCUT2D eigenvalue weighted by Gasteiger charge is 2.13. The Morgan fingerprint density at radius 2 is 2.11 bits per heavy atom. The first-order valence-electron chi connectivity index (χ1n) is 5.59. The molecule has 1 aromatic heterocycles. The van der Waals surface area contributed by atoms with Crippen LogP contribution in [0.5, 0.6) is 0 Å². The Morgan fingerprint density at radius 3 is 2.68 bits per heavy atom. The Bertz CT molecular complexity index is 689. The minimum Gasteiger partial charge on any atom is -0.300 e. The summed E-state index contributed by atoms with van der Waals surface area (Å²) in [5, 5.41) is 9.64. The summed E-state index contributed by atoms with van der Waals surface area (Å²) in [6.45, 7) is 1.97. The quantitative estimate of drug-likeness (QED) is 0.690. The monoisotopic (exact) mass is 335 g/mol. The van der Waals surface area contributed by atoms with Crippen molar-refractivity contribution in [1.82, 2.24) is 9.97 Å². The van der Waals surface area contributed by atoms with Crippen molar-refractivity contribution in [2.75, 3.05) is 5.75 Å².